The highest BCUT2D eigenvalue weighted by Crippen LogP contribution is 2.26. The van der Waals surface area contributed by atoms with Gasteiger partial charge in [-0.1, -0.05) is 31.4 Å². The minimum Gasteiger partial charge on any atom is -0.330 e. The van der Waals surface area contributed by atoms with Crippen LogP contribution in [0.15, 0.2) is 29.2 Å². The van der Waals surface area contributed by atoms with Crippen LogP contribution in [0.5, 0.6) is 0 Å². The van der Waals surface area contributed by atoms with Gasteiger partial charge in [0, 0.05) is 13.6 Å². The highest BCUT2D eigenvalue weighted by atomic mass is 32.2. The van der Waals surface area contributed by atoms with Gasteiger partial charge in [0.2, 0.25) is 10.0 Å². The summed E-state index contributed by atoms with van der Waals surface area (Å²) in [5, 5.41) is 0. The molecule has 0 amide bonds. The molecule has 1 aromatic rings. The van der Waals surface area contributed by atoms with Gasteiger partial charge in [-0.15, -0.1) is 0 Å². The van der Waals surface area contributed by atoms with Crippen LogP contribution in [0, 0.1) is 5.92 Å². The first-order valence-corrected chi connectivity index (χ1v) is 9.23. The molecule has 0 radical (unpaired) electrons. The second-order valence-corrected chi connectivity index (χ2v) is 8.02. The zero-order valence-electron chi connectivity index (χ0n) is 12.8. The van der Waals surface area contributed by atoms with Gasteiger partial charge in [0.1, 0.15) is 0 Å². The molecule has 1 aromatic carbocycles. The van der Waals surface area contributed by atoms with Crippen LogP contribution in [0.2, 0.25) is 0 Å². The zero-order valence-corrected chi connectivity index (χ0v) is 13.6. The van der Waals surface area contributed by atoms with E-state index in [-0.39, 0.29) is 0 Å². The second kappa shape index (κ2) is 7.38. The fraction of sp³-hybridized carbons (Fsp3) is 0.625. The van der Waals surface area contributed by atoms with E-state index in [9.17, 15) is 8.42 Å². The Morgan fingerprint density at radius 3 is 2.33 bits per heavy atom. The van der Waals surface area contributed by atoms with Crippen molar-refractivity contribution in [3.8, 4) is 0 Å². The topological polar surface area (TPSA) is 63.4 Å². The molecule has 1 saturated carbocycles. The number of nitrogens with zero attached hydrogens (tertiary/aromatic N) is 1. The molecule has 0 atom stereocenters. The number of sulfonamides is 1. The van der Waals surface area contributed by atoms with Gasteiger partial charge in [-0.3, -0.25) is 0 Å². The molecular weight excluding hydrogens is 284 g/mol. The number of hydrogen-bond donors (Lipinski definition) is 1. The molecule has 0 spiro atoms. The molecule has 21 heavy (non-hydrogen) atoms. The van der Waals surface area contributed by atoms with Gasteiger partial charge in [-0.25, -0.2) is 12.7 Å². The third kappa shape index (κ3) is 4.28. The van der Waals surface area contributed by atoms with Crippen molar-refractivity contribution in [2.45, 2.75) is 43.4 Å². The molecular formula is C16H26N2O2S. The van der Waals surface area contributed by atoms with Crippen molar-refractivity contribution >= 4 is 10.0 Å². The largest absolute Gasteiger partial charge is 0.330 e. The van der Waals surface area contributed by atoms with Crippen LogP contribution >= 0.6 is 0 Å². The first-order valence-electron chi connectivity index (χ1n) is 7.79. The van der Waals surface area contributed by atoms with E-state index in [1.165, 1.54) is 23.6 Å². The summed E-state index contributed by atoms with van der Waals surface area (Å²) in [6.45, 7) is 1.21. The van der Waals surface area contributed by atoms with E-state index in [1.54, 1.807) is 19.2 Å². The lowest BCUT2D eigenvalue weighted by Crippen LogP contribution is -2.32. The fourth-order valence-corrected chi connectivity index (χ4v) is 4.25. The first-order chi connectivity index (χ1) is 10.0. The molecule has 0 saturated heterocycles. The number of benzene rings is 1. The van der Waals surface area contributed by atoms with E-state index in [1.807, 2.05) is 12.1 Å². The van der Waals surface area contributed by atoms with Crippen molar-refractivity contribution in [1.29, 1.82) is 0 Å². The molecule has 0 aliphatic heterocycles. The van der Waals surface area contributed by atoms with Crippen LogP contribution in [0.3, 0.4) is 0 Å². The maximum atomic E-state index is 12.6. The summed E-state index contributed by atoms with van der Waals surface area (Å²) in [6, 6.07) is 7.10. The Balaban J connectivity index is 2.05. The third-order valence-electron chi connectivity index (χ3n) is 4.30. The molecule has 0 heterocycles. The molecule has 1 aliphatic rings. The molecule has 2 rings (SSSR count). The standard InChI is InChI=1S/C16H26N2O2S/c1-18(13-15-5-3-2-4-6-15)21(19,20)16-9-7-14(8-10-16)11-12-17/h7-10,15H,2-6,11-13,17H2,1H3. The molecule has 0 unspecified atom stereocenters. The molecule has 118 valence electrons. The lowest BCUT2D eigenvalue weighted by molar-refractivity contribution is 0.300. The zero-order chi connectivity index (χ0) is 15.3. The molecule has 1 aliphatic carbocycles. The number of rotatable bonds is 6. The first kappa shape index (κ1) is 16.5. The normalized spacial score (nSPS) is 17.3. The summed E-state index contributed by atoms with van der Waals surface area (Å²) < 4.78 is 26.7. The van der Waals surface area contributed by atoms with E-state index in [0.717, 1.165) is 24.8 Å². The summed E-state index contributed by atoms with van der Waals surface area (Å²) in [5.74, 6) is 0.509. The van der Waals surface area contributed by atoms with E-state index < -0.39 is 10.0 Å². The third-order valence-corrected chi connectivity index (χ3v) is 6.14. The summed E-state index contributed by atoms with van der Waals surface area (Å²) in [4.78, 5) is 0.376. The van der Waals surface area contributed by atoms with Gasteiger partial charge >= 0.3 is 0 Å². The van der Waals surface area contributed by atoms with E-state index in [0.29, 0.717) is 23.9 Å². The Morgan fingerprint density at radius 1 is 1.14 bits per heavy atom. The summed E-state index contributed by atoms with van der Waals surface area (Å²) in [6.07, 6.45) is 6.82. The van der Waals surface area contributed by atoms with Crippen molar-refractivity contribution < 1.29 is 8.42 Å². The van der Waals surface area contributed by atoms with Crippen LogP contribution in [0.4, 0.5) is 0 Å². The van der Waals surface area contributed by atoms with Crippen LogP contribution < -0.4 is 5.73 Å². The lowest BCUT2D eigenvalue weighted by atomic mass is 9.89. The summed E-state index contributed by atoms with van der Waals surface area (Å²) >= 11 is 0. The van der Waals surface area contributed by atoms with Crippen molar-refractivity contribution in [2.24, 2.45) is 11.7 Å². The highest BCUT2D eigenvalue weighted by Gasteiger charge is 2.24. The van der Waals surface area contributed by atoms with Crippen LogP contribution in [0.1, 0.15) is 37.7 Å². The Hall–Kier alpha value is -0.910. The Kier molecular flexibility index (Phi) is 5.79. The van der Waals surface area contributed by atoms with E-state index in [2.05, 4.69) is 0 Å². The Labute approximate surface area is 128 Å². The summed E-state index contributed by atoms with van der Waals surface area (Å²) in [7, 11) is -1.68. The predicted molar refractivity (Wildman–Crippen MR) is 85.6 cm³/mol. The highest BCUT2D eigenvalue weighted by molar-refractivity contribution is 7.89. The molecule has 2 N–H and O–H groups in total. The second-order valence-electron chi connectivity index (χ2n) is 5.97. The molecule has 4 nitrogen and oxygen atoms in total. The monoisotopic (exact) mass is 310 g/mol. The number of hydrogen-bond acceptors (Lipinski definition) is 3. The Morgan fingerprint density at radius 2 is 1.76 bits per heavy atom. The maximum Gasteiger partial charge on any atom is 0.242 e. The molecule has 1 fully saturated rings. The van der Waals surface area contributed by atoms with Crippen molar-refractivity contribution in [3.05, 3.63) is 29.8 Å². The van der Waals surface area contributed by atoms with Gasteiger partial charge < -0.3 is 5.73 Å². The van der Waals surface area contributed by atoms with Gasteiger partial charge in [0.05, 0.1) is 4.90 Å². The van der Waals surface area contributed by atoms with Gasteiger partial charge in [-0.2, -0.15) is 0 Å². The fourth-order valence-electron chi connectivity index (χ4n) is 3.01. The minimum atomic E-state index is -3.37. The molecule has 5 heteroatoms. The average molecular weight is 310 g/mol. The van der Waals surface area contributed by atoms with Gasteiger partial charge in [0.25, 0.3) is 0 Å². The van der Waals surface area contributed by atoms with Crippen molar-refractivity contribution in [1.82, 2.24) is 4.31 Å². The predicted octanol–water partition coefficient (Wildman–Crippen LogP) is 2.39. The van der Waals surface area contributed by atoms with Crippen LogP contribution in [-0.4, -0.2) is 32.9 Å². The van der Waals surface area contributed by atoms with Gasteiger partial charge in [-0.05, 0) is 49.4 Å². The van der Waals surface area contributed by atoms with E-state index in [4.69, 9.17) is 5.73 Å². The minimum absolute atomic E-state index is 0.376. The summed E-state index contributed by atoms with van der Waals surface area (Å²) in [5.41, 5.74) is 6.59. The lowest BCUT2D eigenvalue weighted by Gasteiger charge is -2.26. The van der Waals surface area contributed by atoms with E-state index >= 15 is 0 Å². The van der Waals surface area contributed by atoms with Crippen molar-refractivity contribution in [3.63, 3.8) is 0 Å². The van der Waals surface area contributed by atoms with Gasteiger partial charge in [0.15, 0.2) is 0 Å². The number of nitrogens with two attached hydrogens (primary N) is 1. The van der Waals surface area contributed by atoms with Crippen LogP contribution in [0.25, 0.3) is 0 Å². The molecule has 0 aromatic heterocycles. The Bertz CT molecular complexity index is 534. The smallest absolute Gasteiger partial charge is 0.242 e. The quantitative estimate of drug-likeness (QED) is 0.877. The van der Waals surface area contributed by atoms with Crippen LogP contribution in [-0.2, 0) is 16.4 Å². The maximum absolute atomic E-state index is 12.6. The van der Waals surface area contributed by atoms with Crippen molar-refractivity contribution in [2.75, 3.05) is 20.1 Å². The average Bonchev–Trinajstić information content (AvgIpc) is 2.49. The SMILES string of the molecule is CN(CC1CCCCC1)S(=O)(=O)c1ccc(CCN)cc1. The molecule has 0 bridgehead atoms.